The highest BCUT2D eigenvalue weighted by Crippen LogP contribution is 2.18. The molecule has 0 spiro atoms. The molecule has 1 N–H and O–H groups in total. The number of rotatable bonds is 42. The van der Waals surface area contributed by atoms with Crippen LogP contribution in [0, 0.1) is 0 Å². The Morgan fingerprint density at radius 3 is 1.35 bits per heavy atom. The molecule has 0 aromatic heterocycles. The normalized spacial score (nSPS) is 11.6. The minimum atomic E-state index is -0.0176. The van der Waals surface area contributed by atoms with Gasteiger partial charge in [-0.15, -0.1) is 0 Å². The fourth-order valence-electron chi connectivity index (χ4n) is 7.00. The number of esters is 2. The molecule has 304 valence electrons. The third-order valence-electron chi connectivity index (χ3n) is 10.5. The highest BCUT2D eigenvalue weighted by atomic mass is 16.5. The van der Waals surface area contributed by atoms with Crippen molar-refractivity contribution in [3.05, 3.63) is 0 Å². The van der Waals surface area contributed by atoms with E-state index in [0.29, 0.717) is 19.4 Å². The molecule has 0 fully saturated rings. The van der Waals surface area contributed by atoms with E-state index in [1.165, 1.54) is 148 Å². The maximum atomic E-state index is 12.7. The Kier molecular flexibility index (Phi) is 40.7. The molecule has 0 atom stereocenters. The van der Waals surface area contributed by atoms with E-state index in [1.807, 2.05) is 7.05 Å². The molecule has 6 nitrogen and oxygen atoms in total. The van der Waals surface area contributed by atoms with E-state index in [9.17, 15) is 9.59 Å². The highest BCUT2D eigenvalue weighted by Gasteiger charge is 2.14. The van der Waals surface area contributed by atoms with Gasteiger partial charge in [-0.25, -0.2) is 0 Å². The van der Waals surface area contributed by atoms with Crippen LogP contribution in [0.1, 0.15) is 233 Å². The van der Waals surface area contributed by atoms with E-state index in [-0.39, 0.29) is 18.0 Å². The molecular formula is C45H90N2O4. The monoisotopic (exact) mass is 723 g/mol. The molecule has 0 rings (SSSR count). The van der Waals surface area contributed by atoms with Crippen LogP contribution in [-0.2, 0) is 19.1 Å². The lowest BCUT2D eigenvalue weighted by atomic mass is 10.0. The third kappa shape index (κ3) is 38.4. The second kappa shape index (κ2) is 41.6. The number of nitrogens with one attached hydrogen (secondary N) is 1. The van der Waals surface area contributed by atoms with E-state index in [0.717, 1.165) is 77.5 Å². The minimum Gasteiger partial charge on any atom is -0.466 e. The molecular weight excluding hydrogens is 633 g/mol. The van der Waals surface area contributed by atoms with Gasteiger partial charge in [0.05, 0.1) is 6.61 Å². The van der Waals surface area contributed by atoms with E-state index in [4.69, 9.17) is 9.47 Å². The van der Waals surface area contributed by atoms with Crippen LogP contribution in [0.15, 0.2) is 0 Å². The van der Waals surface area contributed by atoms with Crippen LogP contribution in [0.4, 0.5) is 0 Å². The van der Waals surface area contributed by atoms with Gasteiger partial charge in [0, 0.05) is 25.9 Å². The average Bonchev–Trinajstić information content (AvgIpc) is 3.13. The summed E-state index contributed by atoms with van der Waals surface area (Å²) in [6, 6.07) is 0. The Morgan fingerprint density at radius 2 is 0.863 bits per heavy atom. The molecule has 0 saturated carbocycles. The van der Waals surface area contributed by atoms with E-state index < -0.39 is 0 Å². The first-order valence-corrected chi connectivity index (χ1v) is 22.8. The van der Waals surface area contributed by atoms with Crippen molar-refractivity contribution in [3.63, 3.8) is 0 Å². The smallest absolute Gasteiger partial charge is 0.306 e. The largest absolute Gasteiger partial charge is 0.466 e. The molecule has 0 aliphatic rings. The van der Waals surface area contributed by atoms with Gasteiger partial charge in [0.15, 0.2) is 0 Å². The highest BCUT2D eigenvalue weighted by molar-refractivity contribution is 5.69. The Labute approximate surface area is 319 Å². The number of hydrogen-bond donors (Lipinski definition) is 1. The molecule has 0 aliphatic carbocycles. The lowest BCUT2D eigenvalue weighted by molar-refractivity contribution is -0.150. The van der Waals surface area contributed by atoms with Crippen LogP contribution in [0.3, 0.4) is 0 Å². The van der Waals surface area contributed by atoms with Crippen molar-refractivity contribution >= 4 is 11.9 Å². The van der Waals surface area contributed by atoms with Crippen molar-refractivity contribution in [2.45, 2.75) is 239 Å². The topological polar surface area (TPSA) is 67.9 Å². The van der Waals surface area contributed by atoms with Crippen LogP contribution >= 0.6 is 0 Å². The third-order valence-corrected chi connectivity index (χ3v) is 10.5. The first kappa shape index (κ1) is 49.9. The zero-order chi connectivity index (χ0) is 37.3. The molecule has 0 aliphatic heterocycles. The van der Waals surface area contributed by atoms with E-state index in [1.54, 1.807) is 0 Å². The molecule has 0 bridgehead atoms. The maximum absolute atomic E-state index is 12.7. The van der Waals surface area contributed by atoms with Gasteiger partial charge in [-0.1, -0.05) is 162 Å². The standard InChI is InChI=1S/C45H90N2O4/c1-5-8-11-14-17-18-19-25-33-42-50-44(48)36-30-26-32-40-47(41-38-46-4)39-31-24-20-23-29-37-45(49)51-43(34-27-21-15-12-9-6-2)35-28-22-16-13-10-7-3/h43,46H,5-42H2,1-4H3. The quantitative estimate of drug-likeness (QED) is 0.0500. The predicted octanol–water partition coefficient (Wildman–Crippen LogP) is 12.9. The molecule has 0 unspecified atom stereocenters. The summed E-state index contributed by atoms with van der Waals surface area (Å²) in [6.07, 6.45) is 39.2. The van der Waals surface area contributed by atoms with Crippen molar-refractivity contribution < 1.29 is 19.1 Å². The number of ether oxygens (including phenoxy) is 2. The van der Waals surface area contributed by atoms with Crippen LogP contribution in [0.25, 0.3) is 0 Å². The summed E-state index contributed by atoms with van der Waals surface area (Å²) < 4.78 is 11.5. The van der Waals surface area contributed by atoms with E-state index >= 15 is 0 Å². The summed E-state index contributed by atoms with van der Waals surface area (Å²) in [4.78, 5) is 27.4. The molecule has 0 saturated heterocycles. The molecule has 51 heavy (non-hydrogen) atoms. The van der Waals surface area contributed by atoms with Gasteiger partial charge in [0.25, 0.3) is 0 Å². The number of carbonyl (C=O) groups excluding carboxylic acids is 2. The number of hydrogen-bond acceptors (Lipinski definition) is 6. The lowest BCUT2D eigenvalue weighted by Crippen LogP contribution is -2.32. The Bertz CT molecular complexity index is 702. The summed E-state index contributed by atoms with van der Waals surface area (Å²) in [5, 5.41) is 3.30. The Morgan fingerprint density at radius 1 is 0.471 bits per heavy atom. The maximum Gasteiger partial charge on any atom is 0.306 e. The van der Waals surface area contributed by atoms with E-state index in [2.05, 4.69) is 31.0 Å². The summed E-state index contributed by atoms with van der Waals surface area (Å²) in [5.41, 5.74) is 0. The van der Waals surface area contributed by atoms with Gasteiger partial charge in [-0.3, -0.25) is 9.59 Å². The zero-order valence-electron chi connectivity index (χ0n) is 35.0. The molecule has 0 amide bonds. The summed E-state index contributed by atoms with van der Waals surface area (Å²) >= 11 is 0. The first-order valence-electron chi connectivity index (χ1n) is 22.8. The van der Waals surface area contributed by atoms with Crippen LogP contribution in [-0.4, -0.2) is 62.8 Å². The summed E-state index contributed by atoms with van der Waals surface area (Å²) in [7, 11) is 2.02. The second-order valence-corrected chi connectivity index (χ2v) is 15.5. The molecule has 0 radical (unpaired) electrons. The molecule has 0 aromatic rings. The number of carbonyl (C=O) groups is 2. The van der Waals surface area contributed by atoms with Crippen LogP contribution in [0.5, 0.6) is 0 Å². The van der Waals surface area contributed by atoms with Crippen molar-refractivity contribution in [2.75, 3.05) is 39.8 Å². The van der Waals surface area contributed by atoms with Gasteiger partial charge in [-0.2, -0.15) is 0 Å². The average molecular weight is 723 g/mol. The summed E-state index contributed by atoms with van der Waals surface area (Å²) in [6.45, 7) is 11.7. The zero-order valence-corrected chi connectivity index (χ0v) is 35.0. The van der Waals surface area contributed by atoms with Gasteiger partial charge < -0.3 is 19.7 Å². The van der Waals surface area contributed by atoms with Gasteiger partial charge >= 0.3 is 11.9 Å². The van der Waals surface area contributed by atoms with Crippen molar-refractivity contribution in [1.29, 1.82) is 0 Å². The lowest BCUT2D eigenvalue weighted by Gasteiger charge is -2.22. The Balaban J connectivity index is 4.04. The summed E-state index contributed by atoms with van der Waals surface area (Å²) in [5.74, 6) is 0.0123. The van der Waals surface area contributed by atoms with Gasteiger partial charge in [-0.05, 0) is 77.9 Å². The van der Waals surface area contributed by atoms with Crippen molar-refractivity contribution in [2.24, 2.45) is 0 Å². The minimum absolute atomic E-state index is 0.0176. The Hall–Kier alpha value is -1.14. The van der Waals surface area contributed by atoms with Crippen molar-refractivity contribution in [1.82, 2.24) is 10.2 Å². The fraction of sp³-hybridized carbons (Fsp3) is 0.956. The predicted molar refractivity (Wildman–Crippen MR) is 221 cm³/mol. The van der Waals surface area contributed by atoms with Crippen LogP contribution < -0.4 is 5.32 Å². The van der Waals surface area contributed by atoms with Crippen molar-refractivity contribution in [3.8, 4) is 0 Å². The molecule has 0 aromatic carbocycles. The number of likely N-dealkylation sites (N-methyl/N-ethyl adjacent to an activating group) is 1. The number of nitrogens with zero attached hydrogens (tertiary/aromatic N) is 1. The molecule has 6 heteroatoms. The molecule has 0 heterocycles. The number of unbranched alkanes of at least 4 members (excludes halogenated alkanes) is 24. The second-order valence-electron chi connectivity index (χ2n) is 15.5. The fourth-order valence-corrected chi connectivity index (χ4v) is 7.00. The SMILES string of the molecule is CCCCCCCCCCCOC(=O)CCCCCN(CCCCCCCC(=O)OC(CCCCCCCC)CCCCCCCC)CCNC. The van der Waals surface area contributed by atoms with Gasteiger partial charge in [0.1, 0.15) is 6.10 Å². The first-order chi connectivity index (χ1) is 25.1. The van der Waals surface area contributed by atoms with Crippen LogP contribution in [0.2, 0.25) is 0 Å². The van der Waals surface area contributed by atoms with Gasteiger partial charge in [0.2, 0.25) is 0 Å².